The van der Waals surface area contributed by atoms with Gasteiger partial charge in [-0.15, -0.1) is 0 Å². The van der Waals surface area contributed by atoms with Gasteiger partial charge in [0.05, 0.1) is 66.8 Å². The zero-order valence-electron chi connectivity index (χ0n) is 44.1. The Balaban J connectivity index is 0.886. The number of rotatable bonds is 0. The van der Waals surface area contributed by atoms with E-state index in [9.17, 15) is 57.5 Å². The van der Waals surface area contributed by atoms with Crippen LogP contribution in [0.1, 0.15) is 124 Å². The van der Waals surface area contributed by atoms with Crippen LogP contribution in [-0.4, -0.2) is 151 Å². The maximum atomic E-state index is 12.6. The summed E-state index contributed by atoms with van der Waals surface area (Å²) >= 11 is 0. The number of hydrogen-bond acceptors (Lipinski definition) is 24. The Morgan fingerprint density at radius 3 is 0.250 bits per heavy atom. The van der Waals surface area contributed by atoms with Crippen molar-refractivity contribution >= 4 is 71.6 Å². The minimum absolute atomic E-state index is 0.0726. The standard InChI is InChI=1S/C60H48O24/c61-49-37-1-2-38(4-3-37)50(62)74-27-28-76-52(64)40-9-11-42(12-10-40)54(66)78-31-32-80-56(68)44-17-19-46(20-18-44)58(70)82-35-36-84-60(72)48-23-21-47(22-24-48)59(71)83-34-33-81-57(69)45-15-13-43(14-16-45)55(67)79-30-29-77-53(65)41-7-5-39(6-8-41)51(63)75-26-25-73-49/h1-24H,25-36H2. The molecule has 84 heavy (non-hydrogen) atoms. The van der Waals surface area contributed by atoms with E-state index in [4.69, 9.17) is 56.8 Å². The molecule has 0 unspecified atom stereocenters. The smallest absolute Gasteiger partial charge is 0.338 e. The van der Waals surface area contributed by atoms with Gasteiger partial charge in [-0.25, -0.2) is 57.5 Å². The van der Waals surface area contributed by atoms with Crippen molar-refractivity contribution in [3.05, 3.63) is 212 Å². The van der Waals surface area contributed by atoms with E-state index in [0.717, 1.165) is 0 Å². The van der Waals surface area contributed by atoms with Gasteiger partial charge < -0.3 is 56.8 Å². The van der Waals surface area contributed by atoms with Crippen LogP contribution in [0.25, 0.3) is 0 Å². The van der Waals surface area contributed by atoms with E-state index >= 15 is 0 Å². The summed E-state index contributed by atoms with van der Waals surface area (Å²) in [6.45, 7) is -3.80. The highest BCUT2D eigenvalue weighted by Crippen LogP contribution is 2.15. The molecule has 6 aromatic rings. The Hall–Kier alpha value is -11.0. The molecule has 0 fully saturated rings. The van der Waals surface area contributed by atoms with Gasteiger partial charge in [-0.1, -0.05) is 0 Å². The molecule has 0 saturated carbocycles. The van der Waals surface area contributed by atoms with Crippen LogP contribution >= 0.6 is 0 Å². The molecule has 24 nitrogen and oxygen atoms in total. The summed E-state index contributed by atoms with van der Waals surface area (Å²) in [6.07, 6.45) is 0. The normalized spacial score (nSPS) is 16.0. The highest BCUT2D eigenvalue weighted by molar-refractivity contribution is 5.98. The average Bonchev–Trinajstić information content (AvgIpc) is 3.59. The number of esters is 12. The van der Waals surface area contributed by atoms with Crippen LogP contribution in [-0.2, 0) is 56.8 Å². The van der Waals surface area contributed by atoms with Crippen molar-refractivity contribution in [2.24, 2.45) is 0 Å². The monoisotopic (exact) mass is 1150 g/mol. The van der Waals surface area contributed by atoms with E-state index < -0.39 is 71.6 Å². The van der Waals surface area contributed by atoms with Gasteiger partial charge in [-0.2, -0.15) is 0 Å². The first-order valence-corrected chi connectivity index (χ1v) is 25.3. The Bertz CT molecular complexity index is 2560. The largest absolute Gasteiger partial charge is 0.458 e. The fourth-order valence-corrected chi connectivity index (χ4v) is 7.07. The summed E-state index contributed by atoms with van der Waals surface area (Å²) < 4.78 is 61.9. The molecule has 12 bridgehead atoms. The topological polar surface area (TPSA) is 316 Å². The molecule has 0 amide bonds. The lowest BCUT2D eigenvalue weighted by molar-refractivity contribution is 0.0260. The maximum absolute atomic E-state index is 12.6. The van der Waals surface area contributed by atoms with Gasteiger partial charge >= 0.3 is 71.6 Å². The molecular formula is C60H48O24. The van der Waals surface area contributed by atoms with E-state index in [1.54, 1.807) is 0 Å². The quantitative estimate of drug-likeness (QED) is 0.123. The van der Waals surface area contributed by atoms with Gasteiger partial charge in [-0.05, 0) is 146 Å². The molecular weight excluding hydrogens is 1100 g/mol. The molecule has 432 valence electrons. The second-order valence-corrected chi connectivity index (χ2v) is 17.1. The van der Waals surface area contributed by atoms with Gasteiger partial charge in [-0.3, -0.25) is 0 Å². The molecule has 0 atom stereocenters. The van der Waals surface area contributed by atoms with Crippen molar-refractivity contribution in [1.82, 2.24) is 0 Å². The van der Waals surface area contributed by atoms with Gasteiger partial charge in [0.2, 0.25) is 0 Å². The molecule has 10 aliphatic heterocycles. The second kappa shape index (κ2) is 30.5. The summed E-state index contributed by atoms with van der Waals surface area (Å²) in [6, 6.07) is 31.5. The van der Waals surface area contributed by atoms with Crippen LogP contribution in [0.5, 0.6) is 0 Å². The molecule has 10 heterocycles. The third-order valence-corrected chi connectivity index (χ3v) is 11.4. The number of hydrogen-bond donors (Lipinski definition) is 0. The first kappa shape index (κ1) is 60.6. The Kier molecular flexibility index (Phi) is 22.0. The van der Waals surface area contributed by atoms with Crippen LogP contribution in [0.15, 0.2) is 146 Å². The summed E-state index contributed by atoms with van der Waals surface area (Å²) in [5.41, 5.74) is 0.871. The van der Waals surface area contributed by atoms with Crippen LogP contribution in [0.3, 0.4) is 0 Å². The lowest BCUT2D eigenvalue weighted by Crippen LogP contribution is -2.16. The lowest BCUT2D eigenvalue weighted by atomic mass is 10.1. The van der Waals surface area contributed by atoms with Gasteiger partial charge in [0, 0.05) is 0 Å². The molecule has 0 aliphatic carbocycles. The molecule has 0 aromatic heterocycles. The van der Waals surface area contributed by atoms with Crippen LogP contribution in [0.2, 0.25) is 0 Å². The first-order valence-electron chi connectivity index (χ1n) is 25.3. The van der Waals surface area contributed by atoms with Crippen molar-refractivity contribution in [1.29, 1.82) is 0 Å². The molecule has 24 heteroatoms. The van der Waals surface area contributed by atoms with Crippen molar-refractivity contribution in [3.8, 4) is 0 Å². The van der Waals surface area contributed by atoms with Crippen molar-refractivity contribution in [2.45, 2.75) is 0 Å². The first-order chi connectivity index (χ1) is 40.6. The average molecular weight is 1150 g/mol. The highest BCUT2D eigenvalue weighted by atomic mass is 16.6. The summed E-state index contributed by atoms with van der Waals surface area (Å²) in [7, 11) is 0. The van der Waals surface area contributed by atoms with Crippen LogP contribution < -0.4 is 0 Å². The fourth-order valence-electron chi connectivity index (χ4n) is 7.07. The summed E-state index contributed by atoms with van der Waals surface area (Å²) in [4.78, 5) is 151. The summed E-state index contributed by atoms with van der Waals surface area (Å²) in [5, 5.41) is 0. The highest BCUT2D eigenvalue weighted by Gasteiger charge is 2.19. The number of benzene rings is 6. The molecule has 10 aliphatic rings. The predicted octanol–water partition coefficient (Wildman–Crippen LogP) is 6.08. The molecule has 16 rings (SSSR count). The van der Waals surface area contributed by atoms with E-state index in [-0.39, 0.29) is 146 Å². The van der Waals surface area contributed by atoms with Crippen LogP contribution in [0, 0.1) is 0 Å². The van der Waals surface area contributed by atoms with Gasteiger partial charge in [0.1, 0.15) is 79.3 Å². The van der Waals surface area contributed by atoms with E-state index in [0.29, 0.717) is 0 Å². The zero-order chi connectivity index (χ0) is 59.8. The lowest BCUT2D eigenvalue weighted by Gasteiger charge is -2.09. The summed E-state index contributed by atoms with van der Waals surface area (Å²) in [5.74, 6) is -9.36. The van der Waals surface area contributed by atoms with E-state index in [1.165, 1.54) is 146 Å². The van der Waals surface area contributed by atoms with Crippen molar-refractivity contribution in [2.75, 3.05) is 79.3 Å². The van der Waals surface area contributed by atoms with Crippen molar-refractivity contribution in [3.63, 3.8) is 0 Å². The Morgan fingerprint density at radius 2 is 0.190 bits per heavy atom. The van der Waals surface area contributed by atoms with Gasteiger partial charge in [0.15, 0.2) is 0 Å². The third-order valence-electron chi connectivity index (χ3n) is 11.4. The SMILES string of the molecule is O=C1OCCOC(=O)c2ccc(cc2)C(=O)OCCOC(=O)c2ccc(cc2)C(=O)OCCOC(=O)c2ccc(cc2)C(=O)OCCOC(=O)c2ccc(cc2)C(=O)OCCOC(=O)c2ccc(cc2)C(=O)OCCOC(=O)c2ccc1cc2. The Labute approximate surface area is 476 Å². The predicted molar refractivity (Wildman–Crippen MR) is 282 cm³/mol. The number of carbonyl (C=O) groups is 12. The molecule has 0 radical (unpaired) electrons. The molecule has 0 spiro atoms. The van der Waals surface area contributed by atoms with Crippen molar-refractivity contribution < 1.29 is 114 Å². The second-order valence-electron chi connectivity index (χ2n) is 17.1. The number of carbonyl (C=O) groups excluding carboxylic acids is 12. The fraction of sp³-hybridized carbons (Fsp3) is 0.200. The maximum Gasteiger partial charge on any atom is 0.338 e. The van der Waals surface area contributed by atoms with E-state index in [2.05, 4.69) is 0 Å². The third kappa shape index (κ3) is 18.0. The van der Waals surface area contributed by atoms with E-state index in [1.807, 2.05) is 0 Å². The number of ether oxygens (including phenoxy) is 12. The minimum Gasteiger partial charge on any atom is -0.458 e. The molecule has 0 saturated heterocycles. The zero-order valence-corrected chi connectivity index (χ0v) is 44.1. The molecule has 6 aromatic carbocycles. The van der Waals surface area contributed by atoms with Gasteiger partial charge in [0.25, 0.3) is 0 Å². The van der Waals surface area contributed by atoms with Crippen LogP contribution in [0.4, 0.5) is 0 Å². The molecule has 0 N–H and O–H groups in total. The Morgan fingerprint density at radius 1 is 0.131 bits per heavy atom. The minimum atomic E-state index is -0.780.